The monoisotopic (exact) mass is 394 g/mol. The topological polar surface area (TPSA) is 9.23 Å². The van der Waals surface area contributed by atoms with Gasteiger partial charge in [-0.05, 0) is 0 Å². The Bertz CT molecular complexity index is 199. The molecular weight excluding hydrogens is 353 g/mol. The van der Waals surface area contributed by atoms with E-state index in [1.807, 2.05) is 0 Å². The van der Waals surface area contributed by atoms with Gasteiger partial charge in [0, 0.05) is 0 Å². The van der Waals surface area contributed by atoms with Gasteiger partial charge >= 0.3 is 129 Å². The van der Waals surface area contributed by atoms with Crippen molar-refractivity contribution in [1.82, 2.24) is 0 Å². The molecule has 0 heterocycles. The summed E-state index contributed by atoms with van der Waals surface area (Å²) in [4.78, 5) is 0. The van der Waals surface area contributed by atoms with Gasteiger partial charge in [0.25, 0.3) is 0 Å². The molecule has 3 heteroatoms. The average Bonchev–Trinajstić information content (AvgIpc) is 2.47. The fraction of sp³-hybridized carbons (Fsp3) is 1.00. The second-order valence-corrected chi connectivity index (χ2v) is 26.7. The molecule has 0 aromatic heterocycles. The van der Waals surface area contributed by atoms with Crippen molar-refractivity contribution in [3.05, 3.63) is 0 Å². The van der Waals surface area contributed by atoms with Crippen LogP contribution in [0, 0.1) is 0 Å². The third-order valence-electron chi connectivity index (χ3n) is 4.98. The fourth-order valence-corrected chi connectivity index (χ4v) is 34.5. The van der Waals surface area contributed by atoms with Crippen LogP contribution in [0.2, 0.25) is 31.5 Å². The van der Waals surface area contributed by atoms with Crippen molar-refractivity contribution in [2.45, 2.75) is 98.7 Å². The van der Waals surface area contributed by atoms with Crippen LogP contribution in [0.4, 0.5) is 0 Å². The number of hydrogen-bond donors (Lipinski definition) is 0. The summed E-state index contributed by atoms with van der Waals surface area (Å²) < 4.78 is 7.20. The van der Waals surface area contributed by atoms with Crippen molar-refractivity contribution in [2.75, 3.05) is 0 Å². The van der Waals surface area contributed by atoms with E-state index in [1.54, 1.807) is 0 Å². The SMILES string of the molecule is CCC[CH2][Ge]([CH2]C)([CH2]CCC)[O][Ge]([CH2]C)([CH2]C)[CH2]C. The van der Waals surface area contributed by atoms with Gasteiger partial charge in [-0.15, -0.1) is 0 Å². The number of rotatable bonds is 12. The van der Waals surface area contributed by atoms with E-state index in [4.69, 9.17) is 2.79 Å². The van der Waals surface area contributed by atoms with Crippen molar-refractivity contribution in [1.29, 1.82) is 0 Å². The van der Waals surface area contributed by atoms with Crippen LogP contribution in [0.5, 0.6) is 0 Å². The average molecular weight is 392 g/mol. The molecule has 0 bridgehead atoms. The molecule has 0 aromatic carbocycles. The van der Waals surface area contributed by atoms with E-state index in [0.717, 1.165) is 0 Å². The quantitative estimate of drug-likeness (QED) is 0.342. The van der Waals surface area contributed by atoms with Crippen molar-refractivity contribution in [3.63, 3.8) is 0 Å². The third kappa shape index (κ3) is 6.56. The summed E-state index contributed by atoms with van der Waals surface area (Å²) in [5.41, 5.74) is 0. The fourth-order valence-electron chi connectivity index (χ4n) is 3.08. The van der Waals surface area contributed by atoms with Gasteiger partial charge < -0.3 is 0 Å². The van der Waals surface area contributed by atoms with E-state index in [0.29, 0.717) is 0 Å². The van der Waals surface area contributed by atoms with Crippen molar-refractivity contribution in [2.24, 2.45) is 0 Å². The van der Waals surface area contributed by atoms with E-state index in [1.165, 1.54) is 57.2 Å². The first-order chi connectivity index (χ1) is 9.07. The summed E-state index contributed by atoms with van der Waals surface area (Å²) in [6.07, 6.45) is 5.50. The van der Waals surface area contributed by atoms with Gasteiger partial charge in [0.2, 0.25) is 0 Å². The van der Waals surface area contributed by atoms with Crippen LogP contribution < -0.4 is 0 Å². The first-order valence-electron chi connectivity index (χ1n) is 8.77. The van der Waals surface area contributed by atoms with E-state index in [9.17, 15) is 0 Å². The van der Waals surface area contributed by atoms with Crippen molar-refractivity contribution < 1.29 is 2.79 Å². The molecule has 0 aliphatic rings. The second kappa shape index (κ2) is 10.7. The molecule has 0 aromatic rings. The molecule has 0 rings (SSSR count). The van der Waals surface area contributed by atoms with Crippen LogP contribution in [-0.2, 0) is 2.79 Å². The number of unbranched alkanes of at least 4 members (excludes halogenated alkanes) is 2. The molecule has 0 radical (unpaired) electrons. The molecule has 0 amide bonds. The van der Waals surface area contributed by atoms with Gasteiger partial charge in [0.1, 0.15) is 0 Å². The Morgan fingerprint density at radius 1 is 0.579 bits per heavy atom. The van der Waals surface area contributed by atoms with Crippen molar-refractivity contribution in [3.8, 4) is 0 Å². The standard InChI is InChI=1S/C16H38Ge2O/c1-7-13-15-18(12-6,16-14-8-2)19-17(9-3,10-4)11-5/h7-16H2,1-6H3. The molecule has 0 aliphatic carbocycles. The summed E-state index contributed by atoms with van der Waals surface area (Å²) in [5.74, 6) is 0. The van der Waals surface area contributed by atoms with Gasteiger partial charge in [-0.25, -0.2) is 0 Å². The van der Waals surface area contributed by atoms with Crippen LogP contribution >= 0.6 is 0 Å². The molecule has 1 nitrogen and oxygen atoms in total. The zero-order valence-electron chi connectivity index (χ0n) is 14.5. The Balaban J connectivity index is 4.96. The Kier molecular flexibility index (Phi) is 11.3. The Labute approximate surface area is 128 Å². The van der Waals surface area contributed by atoms with Gasteiger partial charge in [-0.1, -0.05) is 0 Å². The summed E-state index contributed by atoms with van der Waals surface area (Å²) in [6.45, 7) is 14.3. The van der Waals surface area contributed by atoms with Gasteiger partial charge in [0.15, 0.2) is 0 Å². The first kappa shape index (κ1) is 20.0. The zero-order valence-corrected chi connectivity index (χ0v) is 18.7. The summed E-state index contributed by atoms with van der Waals surface area (Å²) in [7, 11) is 0. The van der Waals surface area contributed by atoms with Crippen LogP contribution in [-0.4, -0.2) is 27.2 Å². The maximum atomic E-state index is 7.20. The Morgan fingerprint density at radius 3 is 1.21 bits per heavy atom. The molecule has 0 aliphatic heterocycles. The molecule has 0 unspecified atom stereocenters. The predicted octanol–water partition coefficient (Wildman–Crippen LogP) is 6.57. The van der Waals surface area contributed by atoms with E-state index < -0.39 is 27.2 Å². The summed E-state index contributed by atoms with van der Waals surface area (Å²) in [5, 5.41) is 8.46. The molecule has 0 saturated heterocycles. The molecule has 19 heavy (non-hydrogen) atoms. The number of hydrogen-bond acceptors (Lipinski definition) is 1. The molecule has 0 atom stereocenters. The van der Waals surface area contributed by atoms with Crippen LogP contribution in [0.1, 0.15) is 67.2 Å². The second-order valence-electron chi connectivity index (χ2n) is 6.09. The minimum atomic E-state index is -2.00. The van der Waals surface area contributed by atoms with E-state index in [-0.39, 0.29) is 0 Å². The maximum absolute atomic E-state index is 7.20. The summed E-state index contributed by atoms with van der Waals surface area (Å²) in [6, 6.07) is 0. The molecule has 0 spiro atoms. The normalized spacial score (nSPS) is 12.9. The summed E-state index contributed by atoms with van der Waals surface area (Å²) >= 11 is -3.95. The molecule has 0 fully saturated rings. The van der Waals surface area contributed by atoms with Gasteiger partial charge in [0.05, 0.1) is 0 Å². The van der Waals surface area contributed by atoms with Crippen LogP contribution in [0.25, 0.3) is 0 Å². The third-order valence-corrected chi connectivity index (χ3v) is 32.4. The molecule has 0 N–H and O–H groups in total. The Hall–Kier alpha value is 1.05. The van der Waals surface area contributed by atoms with Crippen molar-refractivity contribution >= 4 is 27.2 Å². The minimum absolute atomic E-state index is 1.34. The van der Waals surface area contributed by atoms with E-state index in [2.05, 4.69) is 41.5 Å². The van der Waals surface area contributed by atoms with Crippen LogP contribution in [0.15, 0.2) is 0 Å². The van der Waals surface area contributed by atoms with Gasteiger partial charge in [-0.3, -0.25) is 0 Å². The Morgan fingerprint density at radius 2 is 0.947 bits per heavy atom. The van der Waals surface area contributed by atoms with Gasteiger partial charge in [-0.2, -0.15) is 0 Å². The molecular formula is C16H38Ge2O. The molecule has 116 valence electrons. The first-order valence-corrected chi connectivity index (χ1v) is 19.4. The zero-order chi connectivity index (χ0) is 14.8. The molecule has 0 saturated carbocycles. The van der Waals surface area contributed by atoms with E-state index >= 15 is 0 Å². The predicted molar refractivity (Wildman–Crippen MR) is 93.9 cm³/mol. The van der Waals surface area contributed by atoms with Crippen LogP contribution in [0.3, 0.4) is 0 Å².